The zero-order chi connectivity index (χ0) is 31.0. The van der Waals surface area contributed by atoms with Gasteiger partial charge in [-0.2, -0.15) is 12.6 Å². The van der Waals surface area contributed by atoms with Crippen molar-refractivity contribution in [2.24, 2.45) is 5.92 Å². The maximum absolute atomic E-state index is 10.8. The van der Waals surface area contributed by atoms with E-state index in [1.54, 1.807) is 18.3 Å². The van der Waals surface area contributed by atoms with E-state index in [1.165, 1.54) is 53.9 Å². The molecule has 1 aromatic rings. The Morgan fingerprint density at radius 2 is 1.50 bits per heavy atom. The number of thiol groups is 1. The van der Waals surface area contributed by atoms with E-state index in [1.807, 2.05) is 19.1 Å². The van der Waals surface area contributed by atoms with E-state index in [0.29, 0.717) is 18.4 Å². The molecule has 0 aliphatic rings. The van der Waals surface area contributed by atoms with Gasteiger partial charge < -0.3 is 18.9 Å². The summed E-state index contributed by atoms with van der Waals surface area (Å²) in [5.74, 6) is -0.0363. The quantitative estimate of drug-likeness (QED) is 0.0868. The molecule has 1 rings (SSSR count). The Hall–Kier alpha value is -2.88. The van der Waals surface area contributed by atoms with Gasteiger partial charge in [-0.3, -0.25) is 19.4 Å². The smallest absolute Gasteiger partial charge is 0.339 e. The van der Waals surface area contributed by atoms with Gasteiger partial charge in [0.2, 0.25) is 0 Å². The van der Waals surface area contributed by atoms with Crippen molar-refractivity contribution in [3.8, 4) is 0 Å². The Morgan fingerprint density at radius 3 is 1.98 bits per heavy atom. The molecule has 40 heavy (non-hydrogen) atoms. The van der Waals surface area contributed by atoms with E-state index in [0.717, 1.165) is 37.9 Å². The van der Waals surface area contributed by atoms with Gasteiger partial charge in [-0.1, -0.05) is 58.6 Å². The highest BCUT2D eigenvalue weighted by Gasteiger charge is 2.10. The lowest BCUT2D eigenvalue weighted by Gasteiger charge is -2.04. The number of hydrogen-bond donors (Lipinski definition) is 1. The Kier molecular flexibility index (Phi) is 33.6. The number of pyridine rings is 1. The van der Waals surface area contributed by atoms with Crippen LogP contribution >= 0.6 is 12.6 Å². The van der Waals surface area contributed by atoms with Gasteiger partial charge >= 0.3 is 23.9 Å². The molecule has 0 amide bonds. The largest absolute Gasteiger partial charge is 0.469 e. The van der Waals surface area contributed by atoms with Gasteiger partial charge in [0.05, 0.1) is 46.3 Å². The molecule has 0 radical (unpaired) electrons. The van der Waals surface area contributed by atoms with Crippen molar-refractivity contribution in [2.75, 3.05) is 34.2 Å². The Labute approximate surface area is 246 Å². The van der Waals surface area contributed by atoms with E-state index >= 15 is 0 Å². The predicted octanol–water partition coefficient (Wildman–Crippen LogP) is 6.41. The summed E-state index contributed by atoms with van der Waals surface area (Å²) in [6.45, 7) is 6.12. The number of carbonyl (C=O) groups is 4. The maximum atomic E-state index is 10.8. The molecular formula is C30H51NO8S. The van der Waals surface area contributed by atoms with E-state index in [2.05, 4.69) is 50.4 Å². The third kappa shape index (κ3) is 29.7. The van der Waals surface area contributed by atoms with Gasteiger partial charge in [0.25, 0.3) is 0 Å². The summed E-state index contributed by atoms with van der Waals surface area (Å²) < 4.78 is 17.9. The minimum absolute atomic E-state index is 0.00694. The summed E-state index contributed by atoms with van der Waals surface area (Å²) in [6, 6.07) is 3.34. The lowest BCUT2D eigenvalue weighted by atomic mass is 10.1. The Bertz CT molecular complexity index is 787. The molecule has 0 spiro atoms. The molecule has 0 saturated carbocycles. The molecule has 1 unspecified atom stereocenters. The highest BCUT2D eigenvalue weighted by atomic mass is 32.1. The van der Waals surface area contributed by atoms with Gasteiger partial charge in [0.15, 0.2) is 0 Å². The number of ether oxygens (including phenoxy) is 4. The van der Waals surface area contributed by atoms with Crippen molar-refractivity contribution in [3.63, 3.8) is 0 Å². The summed E-state index contributed by atoms with van der Waals surface area (Å²) in [5.41, 5.74) is 0.477. The highest BCUT2D eigenvalue weighted by Crippen LogP contribution is 2.04. The molecule has 0 aliphatic heterocycles. The Balaban J connectivity index is -0.000000460. The van der Waals surface area contributed by atoms with Crippen molar-refractivity contribution in [3.05, 3.63) is 42.2 Å². The van der Waals surface area contributed by atoms with Crippen LogP contribution < -0.4 is 0 Å². The fourth-order valence-electron chi connectivity index (χ4n) is 2.63. The molecule has 0 fully saturated rings. The average molecular weight is 586 g/mol. The third-order valence-electron chi connectivity index (χ3n) is 5.11. The maximum Gasteiger partial charge on any atom is 0.339 e. The number of unbranched alkanes of at least 4 members (excludes halogenated alkanes) is 5. The highest BCUT2D eigenvalue weighted by molar-refractivity contribution is 7.80. The molecule has 0 saturated heterocycles. The normalized spacial score (nSPS) is 10.3. The molecule has 0 aliphatic carbocycles. The predicted molar refractivity (Wildman–Crippen MR) is 161 cm³/mol. The number of allylic oxidation sites excluding steroid dienone is 1. The van der Waals surface area contributed by atoms with Crippen molar-refractivity contribution < 1.29 is 38.1 Å². The first-order chi connectivity index (χ1) is 19.2. The van der Waals surface area contributed by atoms with Gasteiger partial charge in [-0.05, 0) is 43.6 Å². The van der Waals surface area contributed by atoms with Gasteiger partial charge in [0.1, 0.15) is 0 Å². The van der Waals surface area contributed by atoms with Crippen molar-refractivity contribution in [1.29, 1.82) is 0 Å². The van der Waals surface area contributed by atoms with Crippen LogP contribution in [-0.4, -0.2) is 63.1 Å². The molecule has 0 bridgehead atoms. The van der Waals surface area contributed by atoms with Crippen LogP contribution in [0, 0.1) is 5.92 Å². The van der Waals surface area contributed by atoms with E-state index in [4.69, 9.17) is 0 Å². The fourth-order valence-corrected chi connectivity index (χ4v) is 3.02. The second kappa shape index (κ2) is 32.3. The van der Waals surface area contributed by atoms with Crippen molar-refractivity contribution in [1.82, 2.24) is 4.98 Å². The Morgan fingerprint density at radius 1 is 0.875 bits per heavy atom. The van der Waals surface area contributed by atoms with Crippen LogP contribution in [0.5, 0.6) is 0 Å². The number of nitrogens with zero attached hydrogens (tertiary/aromatic N) is 1. The first-order valence-corrected chi connectivity index (χ1v) is 14.3. The molecule has 1 aromatic heterocycles. The minimum atomic E-state index is -0.354. The SMILES string of the molecule is CCCCCC(=O)OC.CCCCCC=CCC(=O)OC.COC(=O)C(C)CCS.COC(=O)c1cccnc1. The van der Waals surface area contributed by atoms with Crippen LogP contribution in [0.2, 0.25) is 0 Å². The zero-order valence-corrected chi connectivity index (χ0v) is 26.4. The second-order valence-electron chi connectivity index (χ2n) is 8.45. The third-order valence-corrected chi connectivity index (χ3v) is 5.37. The zero-order valence-electron chi connectivity index (χ0n) is 25.5. The van der Waals surface area contributed by atoms with Crippen LogP contribution in [-0.2, 0) is 33.3 Å². The van der Waals surface area contributed by atoms with Crippen LogP contribution in [0.25, 0.3) is 0 Å². The van der Waals surface area contributed by atoms with Crippen LogP contribution in [0.3, 0.4) is 0 Å². The molecule has 1 heterocycles. The molecular weight excluding hydrogens is 534 g/mol. The summed E-state index contributed by atoms with van der Waals surface area (Å²) in [5, 5.41) is 0. The van der Waals surface area contributed by atoms with Crippen LogP contribution in [0.4, 0.5) is 0 Å². The van der Waals surface area contributed by atoms with Gasteiger partial charge in [0, 0.05) is 18.8 Å². The topological polar surface area (TPSA) is 118 Å². The first-order valence-electron chi connectivity index (χ1n) is 13.6. The lowest BCUT2D eigenvalue weighted by molar-refractivity contribution is -0.145. The minimum Gasteiger partial charge on any atom is -0.469 e. The lowest BCUT2D eigenvalue weighted by Crippen LogP contribution is -2.12. The summed E-state index contributed by atoms with van der Waals surface area (Å²) in [7, 11) is 5.58. The molecule has 0 aromatic carbocycles. The number of aromatic nitrogens is 1. The second-order valence-corrected chi connectivity index (χ2v) is 8.90. The van der Waals surface area contributed by atoms with Crippen LogP contribution in [0.1, 0.15) is 95.3 Å². The number of rotatable bonds is 14. The number of carbonyl (C=O) groups excluding carboxylic acids is 4. The van der Waals surface area contributed by atoms with Crippen molar-refractivity contribution in [2.45, 2.75) is 85.0 Å². The summed E-state index contributed by atoms with van der Waals surface area (Å²) >= 11 is 3.99. The summed E-state index contributed by atoms with van der Waals surface area (Å²) in [4.78, 5) is 46.2. The van der Waals surface area contributed by atoms with Crippen LogP contribution in [0.15, 0.2) is 36.7 Å². The van der Waals surface area contributed by atoms with Crippen molar-refractivity contribution >= 4 is 36.5 Å². The standard InChI is InChI=1S/C10H18O2.C7H7NO2.C7H14O2.C6H12O2S/c1-3-4-5-6-7-8-9-10(11)12-2;1-10-7(9)6-3-2-4-8-5-6;1-3-4-5-6-7(8)9-2;1-5(3-4-9)6(7)8-2/h7-8H,3-6,9H2,1-2H3;2-5H,1H3;3-6H2,1-2H3;5,9H,3-4H2,1-2H3. The molecule has 1 atom stereocenters. The van der Waals surface area contributed by atoms with E-state index in [9.17, 15) is 19.2 Å². The van der Waals surface area contributed by atoms with Gasteiger partial charge in [-0.25, -0.2) is 4.79 Å². The number of methoxy groups -OCH3 is 4. The fraction of sp³-hybridized carbons (Fsp3) is 0.633. The molecule has 9 nitrogen and oxygen atoms in total. The average Bonchev–Trinajstić information content (AvgIpc) is 2.99. The van der Waals surface area contributed by atoms with Gasteiger partial charge in [-0.15, -0.1) is 0 Å². The number of hydrogen-bond acceptors (Lipinski definition) is 10. The first kappa shape index (κ1) is 41.6. The summed E-state index contributed by atoms with van der Waals surface area (Å²) in [6.07, 6.45) is 16.8. The number of esters is 4. The van der Waals surface area contributed by atoms with E-state index < -0.39 is 0 Å². The van der Waals surface area contributed by atoms with E-state index in [-0.39, 0.29) is 29.8 Å². The monoisotopic (exact) mass is 585 g/mol. The molecule has 10 heteroatoms. The molecule has 230 valence electrons. The molecule has 0 N–H and O–H groups in total.